The van der Waals surface area contributed by atoms with Gasteiger partial charge in [-0.25, -0.2) is 0 Å². The van der Waals surface area contributed by atoms with Crippen molar-refractivity contribution in [2.24, 2.45) is 0 Å². The number of hydrogen-bond acceptors (Lipinski definition) is 6. The smallest absolute Gasteiger partial charge is 0.216 e. The fourth-order valence-electron chi connectivity index (χ4n) is 1.94. The van der Waals surface area contributed by atoms with Crippen molar-refractivity contribution in [1.29, 1.82) is 5.26 Å². The molecule has 1 aromatic heterocycles. The van der Waals surface area contributed by atoms with Crippen LogP contribution in [0.1, 0.15) is 11.4 Å². The lowest BCUT2D eigenvalue weighted by Gasteiger charge is -2.05. The Morgan fingerprint density at radius 3 is 2.38 bits per heavy atom. The van der Waals surface area contributed by atoms with Gasteiger partial charge < -0.3 is 5.32 Å². The topological polar surface area (TPSA) is 90.3 Å². The molecule has 2 N–H and O–H groups in total. The van der Waals surface area contributed by atoms with E-state index in [1.165, 1.54) is 10.5 Å². The van der Waals surface area contributed by atoms with E-state index in [0.29, 0.717) is 5.57 Å². The summed E-state index contributed by atoms with van der Waals surface area (Å²) in [6.45, 7) is 2.08. The van der Waals surface area contributed by atoms with Crippen molar-refractivity contribution in [3.8, 4) is 6.07 Å². The van der Waals surface area contributed by atoms with Crippen molar-refractivity contribution in [3.63, 3.8) is 0 Å². The molecule has 1 heterocycles. The Morgan fingerprint density at radius 2 is 1.79 bits per heavy atom. The third-order valence-electron chi connectivity index (χ3n) is 3.20. The fourth-order valence-corrected chi connectivity index (χ4v) is 2.76. The number of aromatic nitrogens is 4. The maximum absolute atomic E-state index is 9.12. The Balaban J connectivity index is 1.66. The Bertz CT molecular complexity index is 861. The molecule has 0 aliphatic rings. The highest BCUT2D eigenvalue weighted by atomic mass is 32.2. The standard InChI is InChI=1S/C17H14N6S/c1-12-2-6-15(7-3-12)24-16-8-4-14(5-9-16)19-11-13(10-18)17-20-22-23-21-17/h2-9,11,19H,1H3,(H,20,21,22,23). The van der Waals surface area contributed by atoms with Crippen molar-refractivity contribution in [2.75, 3.05) is 5.32 Å². The molecule has 0 fully saturated rings. The van der Waals surface area contributed by atoms with Crippen LogP contribution in [0.4, 0.5) is 5.69 Å². The van der Waals surface area contributed by atoms with Gasteiger partial charge in [-0.1, -0.05) is 29.5 Å². The number of benzene rings is 2. The maximum atomic E-state index is 9.12. The maximum Gasteiger partial charge on any atom is 0.216 e. The van der Waals surface area contributed by atoms with Gasteiger partial charge in [0.2, 0.25) is 5.82 Å². The molecule has 118 valence electrons. The highest BCUT2D eigenvalue weighted by molar-refractivity contribution is 7.99. The van der Waals surface area contributed by atoms with Gasteiger partial charge in [-0.3, -0.25) is 0 Å². The molecule has 7 heteroatoms. The molecule has 0 aliphatic carbocycles. The third-order valence-corrected chi connectivity index (χ3v) is 4.22. The summed E-state index contributed by atoms with van der Waals surface area (Å²) in [6, 6.07) is 18.4. The summed E-state index contributed by atoms with van der Waals surface area (Å²) in [5.74, 6) is 0.261. The van der Waals surface area contributed by atoms with Gasteiger partial charge in [0.05, 0.1) is 0 Å². The van der Waals surface area contributed by atoms with E-state index in [2.05, 4.69) is 57.1 Å². The van der Waals surface area contributed by atoms with Crippen LogP contribution in [0.3, 0.4) is 0 Å². The zero-order valence-corrected chi connectivity index (χ0v) is 13.7. The van der Waals surface area contributed by atoms with Crippen LogP contribution in [0.2, 0.25) is 0 Å². The molecule has 3 aromatic rings. The second-order valence-corrected chi connectivity index (χ2v) is 6.14. The lowest BCUT2D eigenvalue weighted by Crippen LogP contribution is -1.92. The third kappa shape index (κ3) is 4.00. The van der Waals surface area contributed by atoms with Crippen LogP contribution in [-0.2, 0) is 0 Å². The minimum absolute atomic E-state index is 0.261. The van der Waals surface area contributed by atoms with Crippen LogP contribution in [-0.4, -0.2) is 20.6 Å². The number of nitrogens with one attached hydrogen (secondary N) is 2. The Kier molecular flexibility index (Phi) is 4.89. The van der Waals surface area contributed by atoms with Crippen molar-refractivity contribution < 1.29 is 0 Å². The zero-order chi connectivity index (χ0) is 16.8. The normalized spacial score (nSPS) is 11.1. The molecule has 0 atom stereocenters. The van der Waals surface area contributed by atoms with Gasteiger partial charge in [0.1, 0.15) is 11.6 Å². The monoisotopic (exact) mass is 334 g/mol. The predicted octanol–water partition coefficient (Wildman–Crippen LogP) is 3.64. The minimum Gasteiger partial charge on any atom is -0.360 e. The molecular weight excluding hydrogens is 320 g/mol. The average molecular weight is 334 g/mol. The molecule has 0 amide bonds. The van der Waals surface area contributed by atoms with E-state index in [9.17, 15) is 0 Å². The van der Waals surface area contributed by atoms with Gasteiger partial charge >= 0.3 is 0 Å². The number of aromatic amines is 1. The lowest BCUT2D eigenvalue weighted by molar-refractivity contribution is 0.881. The first-order chi connectivity index (χ1) is 11.7. The van der Waals surface area contributed by atoms with Crippen molar-refractivity contribution >= 4 is 23.0 Å². The van der Waals surface area contributed by atoms with Gasteiger partial charge in [0.15, 0.2) is 0 Å². The highest BCUT2D eigenvalue weighted by Gasteiger charge is 2.05. The molecular formula is C17H14N6S. The van der Waals surface area contributed by atoms with Crippen LogP contribution in [0, 0.1) is 18.3 Å². The molecule has 0 spiro atoms. The summed E-state index contributed by atoms with van der Waals surface area (Å²) in [4.78, 5) is 2.34. The summed E-state index contributed by atoms with van der Waals surface area (Å²) in [5.41, 5.74) is 2.43. The molecule has 24 heavy (non-hydrogen) atoms. The van der Waals surface area contributed by atoms with Gasteiger partial charge in [-0.2, -0.15) is 10.5 Å². The average Bonchev–Trinajstić information content (AvgIpc) is 3.13. The molecule has 0 saturated carbocycles. The number of nitriles is 1. The number of aryl methyl sites for hydroxylation is 1. The molecule has 0 aliphatic heterocycles. The zero-order valence-electron chi connectivity index (χ0n) is 12.9. The minimum atomic E-state index is 0.261. The fraction of sp³-hybridized carbons (Fsp3) is 0.0588. The van der Waals surface area contributed by atoms with Gasteiger partial charge in [-0.05, 0) is 48.5 Å². The first kappa shape index (κ1) is 15.8. The van der Waals surface area contributed by atoms with Crippen LogP contribution < -0.4 is 5.32 Å². The largest absolute Gasteiger partial charge is 0.360 e. The molecule has 2 aromatic carbocycles. The van der Waals surface area contributed by atoms with Crippen LogP contribution in [0.5, 0.6) is 0 Å². The van der Waals surface area contributed by atoms with Crippen molar-refractivity contribution in [2.45, 2.75) is 16.7 Å². The van der Waals surface area contributed by atoms with Crippen LogP contribution in [0.15, 0.2) is 64.5 Å². The van der Waals surface area contributed by atoms with Crippen LogP contribution in [0.25, 0.3) is 5.57 Å². The first-order valence-corrected chi connectivity index (χ1v) is 8.01. The number of allylic oxidation sites excluding steroid dienone is 1. The molecule has 6 nitrogen and oxygen atoms in total. The van der Waals surface area contributed by atoms with Crippen LogP contribution >= 0.6 is 11.8 Å². The highest BCUT2D eigenvalue weighted by Crippen LogP contribution is 2.28. The van der Waals surface area contributed by atoms with E-state index in [1.54, 1.807) is 18.0 Å². The second kappa shape index (κ2) is 7.44. The van der Waals surface area contributed by atoms with Crippen molar-refractivity contribution in [3.05, 3.63) is 66.1 Å². The number of tetrazole rings is 1. The molecule has 0 bridgehead atoms. The first-order valence-electron chi connectivity index (χ1n) is 7.20. The number of H-pyrrole nitrogens is 1. The van der Waals surface area contributed by atoms with E-state index in [0.717, 1.165) is 10.6 Å². The van der Waals surface area contributed by atoms with Gasteiger partial charge in [-0.15, -0.1) is 10.2 Å². The second-order valence-electron chi connectivity index (χ2n) is 4.99. The molecule has 0 saturated heterocycles. The number of hydrogen-bond donors (Lipinski definition) is 2. The number of nitrogens with zero attached hydrogens (tertiary/aromatic N) is 4. The molecule has 3 rings (SSSR count). The summed E-state index contributed by atoms with van der Waals surface area (Å²) in [7, 11) is 0. The van der Waals surface area contributed by atoms with Gasteiger partial charge in [0.25, 0.3) is 0 Å². The Morgan fingerprint density at radius 1 is 1.12 bits per heavy atom. The Hall–Kier alpha value is -3.11. The summed E-state index contributed by atoms with van der Waals surface area (Å²) in [5, 5.41) is 25.5. The van der Waals surface area contributed by atoms with E-state index in [4.69, 9.17) is 5.26 Å². The Labute approximate surface area is 143 Å². The van der Waals surface area contributed by atoms with E-state index >= 15 is 0 Å². The lowest BCUT2D eigenvalue weighted by atomic mass is 10.2. The summed E-state index contributed by atoms with van der Waals surface area (Å²) < 4.78 is 0. The van der Waals surface area contributed by atoms with E-state index < -0.39 is 0 Å². The predicted molar refractivity (Wildman–Crippen MR) is 93.1 cm³/mol. The summed E-state index contributed by atoms with van der Waals surface area (Å²) >= 11 is 1.70. The summed E-state index contributed by atoms with van der Waals surface area (Å²) in [6.07, 6.45) is 1.56. The quantitative estimate of drug-likeness (QED) is 0.692. The van der Waals surface area contributed by atoms with E-state index in [1.807, 2.05) is 30.3 Å². The number of anilines is 1. The SMILES string of the molecule is Cc1ccc(Sc2ccc(NC=C(C#N)c3nn[nH]n3)cc2)cc1. The number of rotatable bonds is 5. The molecule has 0 radical (unpaired) electrons. The van der Waals surface area contributed by atoms with Crippen molar-refractivity contribution in [1.82, 2.24) is 20.6 Å². The van der Waals surface area contributed by atoms with E-state index in [-0.39, 0.29) is 5.82 Å². The molecule has 0 unspecified atom stereocenters. The van der Waals surface area contributed by atoms with Gasteiger partial charge in [0, 0.05) is 21.7 Å².